The van der Waals surface area contributed by atoms with Crippen LogP contribution in [0.2, 0.25) is 0 Å². The van der Waals surface area contributed by atoms with Crippen LogP contribution in [0.25, 0.3) is 16.3 Å². The van der Waals surface area contributed by atoms with Gasteiger partial charge in [0.2, 0.25) is 0 Å². The number of aromatic nitrogens is 2. The highest BCUT2D eigenvalue weighted by molar-refractivity contribution is 5.96. The van der Waals surface area contributed by atoms with Gasteiger partial charge in [0.05, 0.1) is 24.0 Å². The molecule has 3 aromatic carbocycles. The minimum atomic E-state index is -0.531. The SMILES string of the molecule is CN1CCC[C@H]1COc1nc2c(c(C3=CC4CCC(C3)N4C(=O)OC(C)(C)C)n1)CCN(c1cc(OCc3ccccc3)cc3ccccc13)C2. The van der Waals surface area contributed by atoms with Crippen LogP contribution in [0.1, 0.15) is 75.4 Å². The molecule has 2 fully saturated rings. The van der Waals surface area contributed by atoms with Crippen molar-refractivity contribution in [3.63, 3.8) is 0 Å². The fourth-order valence-electron chi connectivity index (χ4n) is 8.26. The average Bonchev–Trinajstić information content (AvgIpc) is 3.66. The largest absolute Gasteiger partial charge is 0.489 e. The Hall–Kier alpha value is -4.63. The molecule has 0 aliphatic carbocycles. The van der Waals surface area contributed by atoms with Gasteiger partial charge in [-0.25, -0.2) is 4.79 Å². The van der Waals surface area contributed by atoms with Crippen LogP contribution in [0.15, 0.2) is 72.8 Å². The number of amides is 1. The minimum absolute atomic E-state index is 0.000742. The zero-order valence-corrected chi connectivity index (χ0v) is 30.3. The van der Waals surface area contributed by atoms with Gasteiger partial charge in [0.25, 0.3) is 0 Å². The number of likely N-dealkylation sites (N-methyl/N-ethyl adjacent to an activating group) is 1. The molecule has 2 unspecified atom stereocenters. The van der Waals surface area contributed by atoms with Crippen molar-refractivity contribution in [2.75, 3.05) is 31.6 Å². The third-order valence-corrected chi connectivity index (χ3v) is 10.8. The summed E-state index contributed by atoms with van der Waals surface area (Å²) in [4.78, 5) is 30.3. The summed E-state index contributed by atoms with van der Waals surface area (Å²) >= 11 is 0. The van der Waals surface area contributed by atoms with E-state index in [0.29, 0.717) is 31.8 Å². The molecule has 4 aliphatic heterocycles. The van der Waals surface area contributed by atoms with E-state index in [4.69, 9.17) is 24.2 Å². The highest BCUT2D eigenvalue weighted by atomic mass is 16.6. The lowest BCUT2D eigenvalue weighted by atomic mass is 9.92. The molecule has 2 bridgehead atoms. The van der Waals surface area contributed by atoms with Gasteiger partial charge in [0.1, 0.15) is 24.6 Å². The zero-order valence-electron chi connectivity index (χ0n) is 30.3. The van der Waals surface area contributed by atoms with Crippen molar-refractivity contribution in [1.29, 1.82) is 0 Å². The van der Waals surface area contributed by atoms with Gasteiger partial charge in [-0.3, -0.25) is 4.90 Å². The first-order valence-electron chi connectivity index (χ1n) is 18.6. The normalized spacial score (nSPS) is 21.8. The van der Waals surface area contributed by atoms with Crippen LogP contribution in [0.4, 0.5) is 10.5 Å². The number of carbonyl (C=O) groups is 1. The summed E-state index contributed by atoms with van der Waals surface area (Å²) in [6, 6.07) is 24.0. The molecule has 4 aliphatic rings. The quantitative estimate of drug-likeness (QED) is 0.186. The number of likely N-dealkylation sites (tertiary alicyclic amines) is 1. The lowest BCUT2D eigenvalue weighted by Crippen LogP contribution is -2.45. The third kappa shape index (κ3) is 7.13. The molecule has 9 heteroatoms. The molecule has 9 nitrogen and oxygen atoms in total. The molecule has 1 aromatic heterocycles. The van der Waals surface area contributed by atoms with E-state index in [0.717, 1.165) is 79.0 Å². The molecule has 0 spiro atoms. The second-order valence-corrected chi connectivity index (χ2v) is 15.6. The van der Waals surface area contributed by atoms with Crippen LogP contribution >= 0.6 is 0 Å². The summed E-state index contributed by atoms with van der Waals surface area (Å²) in [6.07, 6.45) is 7.78. The lowest BCUT2D eigenvalue weighted by molar-refractivity contribution is 0.0175. The van der Waals surface area contributed by atoms with Crippen LogP contribution in [0.5, 0.6) is 11.8 Å². The predicted octanol–water partition coefficient (Wildman–Crippen LogP) is 7.80. The molecule has 4 aromatic rings. The lowest BCUT2D eigenvalue weighted by Gasteiger charge is -2.36. The van der Waals surface area contributed by atoms with Gasteiger partial charge in [-0.1, -0.05) is 60.7 Å². The van der Waals surface area contributed by atoms with Crippen molar-refractivity contribution in [2.24, 2.45) is 0 Å². The number of anilines is 1. The van der Waals surface area contributed by atoms with Crippen molar-refractivity contribution in [3.8, 4) is 11.8 Å². The summed E-state index contributed by atoms with van der Waals surface area (Å²) in [5, 5.41) is 2.34. The van der Waals surface area contributed by atoms with E-state index in [-0.39, 0.29) is 18.2 Å². The molecular formula is C42H49N5O4. The number of ether oxygens (including phenoxy) is 3. The van der Waals surface area contributed by atoms with E-state index >= 15 is 0 Å². The van der Waals surface area contributed by atoms with Crippen molar-refractivity contribution in [1.82, 2.24) is 19.8 Å². The van der Waals surface area contributed by atoms with Gasteiger partial charge in [-0.2, -0.15) is 9.97 Å². The molecule has 2 saturated heterocycles. The Labute approximate surface area is 301 Å². The second-order valence-electron chi connectivity index (χ2n) is 15.6. The first-order chi connectivity index (χ1) is 24.7. The standard InChI is InChI=1S/C42H49N5O4/c1-42(2,3)51-41(48)47-31-16-17-32(47)22-30(21-31)39-36-18-20-46(25-37(36)43-40(44-39)50-27-33-14-10-19-45(33)4)38-24-34(23-29-13-8-9-15-35(29)38)49-26-28-11-6-5-7-12-28/h5-9,11-13,15,21,23-24,31-33H,10,14,16-20,22,25-27H2,1-4H3/t31?,32?,33-/m0/s1. The van der Waals surface area contributed by atoms with Gasteiger partial charge in [0.15, 0.2) is 0 Å². The van der Waals surface area contributed by atoms with Crippen LogP contribution in [0.3, 0.4) is 0 Å². The summed E-state index contributed by atoms with van der Waals surface area (Å²) < 4.78 is 18.6. The molecule has 8 rings (SSSR count). The van der Waals surface area contributed by atoms with Gasteiger partial charge in [0, 0.05) is 41.3 Å². The maximum Gasteiger partial charge on any atom is 0.411 e. The number of hydrogen-bond donors (Lipinski definition) is 0. The maximum atomic E-state index is 13.3. The monoisotopic (exact) mass is 687 g/mol. The van der Waals surface area contributed by atoms with Crippen LogP contribution in [-0.4, -0.2) is 76.3 Å². The highest BCUT2D eigenvalue weighted by Crippen LogP contribution is 2.42. The third-order valence-electron chi connectivity index (χ3n) is 10.8. The van der Waals surface area contributed by atoms with Gasteiger partial charge in [-0.15, -0.1) is 0 Å². The summed E-state index contributed by atoms with van der Waals surface area (Å²) in [5.41, 5.74) is 6.12. The van der Waals surface area contributed by atoms with Crippen LogP contribution in [0, 0.1) is 0 Å². The van der Waals surface area contributed by atoms with Crippen molar-refractivity contribution in [3.05, 3.63) is 95.3 Å². The molecule has 5 heterocycles. The Balaban J connectivity index is 1.12. The van der Waals surface area contributed by atoms with Gasteiger partial charge < -0.3 is 24.0 Å². The molecule has 266 valence electrons. The zero-order chi connectivity index (χ0) is 35.1. The first-order valence-corrected chi connectivity index (χ1v) is 18.6. The molecule has 0 radical (unpaired) electrons. The van der Waals surface area contributed by atoms with Crippen LogP contribution in [-0.2, 0) is 24.3 Å². The highest BCUT2D eigenvalue weighted by Gasteiger charge is 2.42. The topological polar surface area (TPSA) is 80.3 Å². The Morgan fingerprint density at radius 2 is 1.76 bits per heavy atom. The van der Waals surface area contributed by atoms with E-state index in [1.807, 2.05) is 43.9 Å². The maximum absolute atomic E-state index is 13.3. The molecule has 3 atom stereocenters. The molecule has 51 heavy (non-hydrogen) atoms. The fraction of sp³-hybridized carbons (Fsp3) is 0.452. The molecule has 0 N–H and O–H groups in total. The Kier molecular flexibility index (Phi) is 9.09. The summed E-state index contributed by atoms with van der Waals surface area (Å²) in [7, 11) is 2.17. The second kappa shape index (κ2) is 13.8. The number of nitrogens with zero attached hydrogens (tertiary/aromatic N) is 5. The smallest absolute Gasteiger partial charge is 0.411 e. The Morgan fingerprint density at radius 1 is 0.941 bits per heavy atom. The first kappa shape index (κ1) is 33.5. The van der Waals surface area contributed by atoms with E-state index < -0.39 is 5.60 Å². The number of hydrogen-bond acceptors (Lipinski definition) is 8. The number of carbonyl (C=O) groups excluding carboxylic acids is 1. The van der Waals surface area contributed by atoms with Crippen molar-refractivity contribution in [2.45, 2.75) is 96.2 Å². The van der Waals surface area contributed by atoms with Gasteiger partial charge in [-0.05, 0) is 95.5 Å². The summed E-state index contributed by atoms with van der Waals surface area (Å²) in [6.45, 7) is 9.42. The predicted molar refractivity (Wildman–Crippen MR) is 200 cm³/mol. The molecule has 0 saturated carbocycles. The van der Waals surface area contributed by atoms with Crippen LogP contribution < -0.4 is 14.4 Å². The minimum Gasteiger partial charge on any atom is -0.489 e. The average molecular weight is 688 g/mol. The summed E-state index contributed by atoms with van der Waals surface area (Å²) in [5.74, 6) is 0.851. The van der Waals surface area contributed by atoms with E-state index in [1.165, 1.54) is 22.9 Å². The van der Waals surface area contributed by atoms with E-state index in [2.05, 4.69) is 71.5 Å². The van der Waals surface area contributed by atoms with Crippen molar-refractivity contribution >= 4 is 28.1 Å². The molecule has 1 amide bonds. The van der Waals surface area contributed by atoms with Gasteiger partial charge >= 0.3 is 12.1 Å². The Morgan fingerprint density at radius 3 is 2.55 bits per heavy atom. The van der Waals surface area contributed by atoms with Crippen molar-refractivity contribution < 1.29 is 19.0 Å². The molecular weight excluding hydrogens is 638 g/mol. The Bertz CT molecular complexity index is 1940. The number of rotatable bonds is 8. The van der Waals surface area contributed by atoms with E-state index in [9.17, 15) is 4.79 Å². The number of fused-ring (bicyclic) bond motifs is 4. The van der Waals surface area contributed by atoms with E-state index in [1.54, 1.807) is 0 Å². The number of benzene rings is 3. The fourth-order valence-corrected chi connectivity index (χ4v) is 8.26.